The standard InChI is InChI=1S/C10H16N4O/c1-8(5-11)4-10(15)13-6-9-2-3-12-7-14-9/h2-3,7-8H,4-6,11H2,1H3,(H,13,15). The van der Waals surface area contributed by atoms with Gasteiger partial charge in [0.25, 0.3) is 0 Å². The molecule has 0 aliphatic carbocycles. The average Bonchev–Trinajstić information content (AvgIpc) is 2.27. The van der Waals surface area contributed by atoms with E-state index >= 15 is 0 Å². The molecule has 1 atom stereocenters. The predicted octanol–water partition coefficient (Wildman–Crippen LogP) is 0.0777. The van der Waals surface area contributed by atoms with Gasteiger partial charge in [-0.25, -0.2) is 9.97 Å². The van der Waals surface area contributed by atoms with Gasteiger partial charge in [0.2, 0.25) is 5.91 Å². The van der Waals surface area contributed by atoms with Crippen molar-refractivity contribution in [1.82, 2.24) is 15.3 Å². The van der Waals surface area contributed by atoms with Gasteiger partial charge >= 0.3 is 0 Å². The van der Waals surface area contributed by atoms with Gasteiger partial charge in [0.05, 0.1) is 12.2 Å². The van der Waals surface area contributed by atoms with E-state index in [1.54, 1.807) is 12.3 Å². The monoisotopic (exact) mass is 208 g/mol. The Morgan fingerprint density at radius 1 is 1.67 bits per heavy atom. The second-order valence-corrected chi connectivity index (χ2v) is 3.52. The van der Waals surface area contributed by atoms with Crippen molar-refractivity contribution in [1.29, 1.82) is 0 Å². The van der Waals surface area contributed by atoms with Crippen LogP contribution in [0.1, 0.15) is 19.0 Å². The van der Waals surface area contributed by atoms with Crippen LogP contribution in [0.4, 0.5) is 0 Å². The zero-order valence-electron chi connectivity index (χ0n) is 8.81. The quantitative estimate of drug-likeness (QED) is 0.718. The maximum absolute atomic E-state index is 11.4. The van der Waals surface area contributed by atoms with Gasteiger partial charge in [-0.1, -0.05) is 6.92 Å². The lowest BCUT2D eigenvalue weighted by atomic mass is 10.1. The van der Waals surface area contributed by atoms with Gasteiger partial charge in [0.1, 0.15) is 6.33 Å². The van der Waals surface area contributed by atoms with E-state index in [1.807, 2.05) is 6.92 Å². The van der Waals surface area contributed by atoms with Gasteiger partial charge < -0.3 is 11.1 Å². The highest BCUT2D eigenvalue weighted by atomic mass is 16.1. The van der Waals surface area contributed by atoms with Crippen LogP contribution in [0.5, 0.6) is 0 Å². The van der Waals surface area contributed by atoms with Crippen LogP contribution in [0.2, 0.25) is 0 Å². The van der Waals surface area contributed by atoms with E-state index in [0.717, 1.165) is 5.69 Å². The third-order valence-electron chi connectivity index (χ3n) is 2.05. The number of nitrogens with zero attached hydrogens (tertiary/aromatic N) is 2. The molecule has 1 unspecified atom stereocenters. The molecule has 0 aromatic carbocycles. The number of nitrogens with two attached hydrogens (primary N) is 1. The van der Waals surface area contributed by atoms with E-state index < -0.39 is 0 Å². The van der Waals surface area contributed by atoms with Crippen molar-refractivity contribution >= 4 is 5.91 Å². The Balaban J connectivity index is 2.29. The van der Waals surface area contributed by atoms with Crippen LogP contribution in [-0.4, -0.2) is 22.4 Å². The maximum Gasteiger partial charge on any atom is 0.220 e. The molecule has 0 aliphatic heterocycles. The molecule has 0 saturated heterocycles. The molecule has 1 heterocycles. The molecule has 1 amide bonds. The summed E-state index contributed by atoms with van der Waals surface area (Å²) in [6, 6.07) is 1.77. The van der Waals surface area contributed by atoms with E-state index in [1.165, 1.54) is 6.33 Å². The van der Waals surface area contributed by atoms with Crippen molar-refractivity contribution in [3.8, 4) is 0 Å². The molecule has 3 N–H and O–H groups in total. The molecular weight excluding hydrogens is 192 g/mol. The SMILES string of the molecule is CC(CN)CC(=O)NCc1ccncn1. The van der Waals surface area contributed by atoms with Crippen molar-refractivity contribution in [2.24, 2.45) is 11.7 Å². The molecule has 1 rings (SSSR count). The molecule has 15 heavy (non-hydrogen) atoms. The summed E-state index contributed by atoms with van der Waals surface area (Å²) in [4.78, 5) is 19.2. The first-order chi connectivity index (χ1) is 7.22. The Bertz CT molecular complexity index is 302. The van der Waals surface area contributed by atoms with Gasteiger partial charge in [-0.3, -0.25) is 4.79 Å². The maximum atomic E-state index is 11.4. The van der Waals surface area contributed by atoms with Gasteiger partial charge in [-0.2, -0.15) is 0 Å². The minimum atomic E-state index is 0.00608. The van der Waals surface area contributed by atoms with E-state index in [-0.39, 0.29) is 11.8 Å². The van der Waals surface area contributed by atoms with Crippen LogP contribution < -0.4 is 11.1 Å². The number of hydrogen-bond acceptors (Lipinski definition) is 4. The number of amides is 1. The third kappa shape index (κ3) is 4.51. The number of hydrogen-bond donors (Lipinski definition) is 2. The third-order valence-corrected chi connectivity index (χ3v) is 2.05. The molecule has 1 aromatic heterocycles. The predicted molar refractivity (Wildman–Crippen MR) is 56.7 cm³/mol. The molecular formula is C10H16N4O. The second kappa shape index (κ2) is 6.08. The molecule has 82 valence electrons. The fraction of sp³-hybridized carbons (Fsp3) is 0.500. The van der Waals surface area contributed by atoms with Crippen LogP contribution in [-0.2, 0) is 11.3 Å². The Hall–Kier alpha value is -1.49. The van der Waals surface area contributed by atoms with Crippen LogP contribution in [0, 0.1) is 5.92 Å². The minimum Gasteiger partial charge on any atom is -0.350 e. The summed E-state index contributed by atoms with van der Waals surface area (Å²) < 4.78 is 0. The Labute approximate surface area is 89.1 Å². The number of rotatable bonds is 5. The normalized spacial score (nSPS) is 12.1. The van der Waals surface area contributed by atoms with Gasteiger partial charge in [-0.15, -0.1) is 0 Å². The van der Waals surface area contributed by atoms with Crippen LogP contribution in [0.25, 0.3) is 0 Å². The average molecular weight is 208 g/mol. The molecule has 1 aromatic rings. The lowest BCUT2D eigenvalue weighted by Gasteiger charge is -2.08. The van der Waals surface area contributed by atoms with Gasteiger partial charge in [-0.05, 0) is 18.5 Å². The number of carbonyl (C=O) groups is 1. The molecule has 0 bridgehead atoms. The van der Waals surface area contributed by atoms with Crippen molar-refractivity contribution in [3.05, 3.63) is 24.3 Å². The highest BCUT2D eigenvalue weighted by Gasteiger charge is 2.06. The number of aromatic nitrogens is 2. The molecule has 5 heteroatoms. The van der Waals surface area contributed by atoms with Crippen molar-refractivity contribution in [3.63, 3.8) is 0 Å². The van der Waals surface area contributed by atoms with Crippen molar-refractivity contribution < 1.29 is 4.79 Å². The zero-order valence-corrected chi connectivity index (χ0v) is 8.81. The Morgan fingerprint density at radius 2 is 2.47 bits per heavy atom. The summed E-state index contributed by atoms with van der Waals surface area (Å²) in [5.74, 6) is 0.224. The lowest BCUT2D eigenvalue weighted by molar-refractivity contribution is -0.122. The molecule has 0 fully saturated rings. The topological polar surface area (TPSA) is 80.9 Å². The summed E-state index contributed by atoms with van der Waals surface area (Å²) in [6.45, 7) is 2.92. The summed E-state index contributed by atoms with van der Waals surface area (Å²) in [6.07, 6.45) is 3.57. The molecule has 0 spiro atoms. The zero-order chi connectivity index (χ0) is 11.1. The molecule has 0 saturated carbocycles. The highest BCUT2D eigenvalue weighted by Crippen LogP contribution is 1.98. The van der Waals surface area contributed by atoms with E-state index in [0.29, 0.717) is 19.5 Å². The van der Waals surface area contributed by atoms with Gasteiger partial charge in [0.15, 0.2) is 0 Å². The van der Waals surface area contributed by atoms with Crippen molar-refractivity contribution in [2.45, 2.75) is 19.9 Å². The number of carbonyl (C=O) groups excluding carboxylic acids is 1. The second-order valence-electron chi connectivity index (χ2n) is 3.52. The lowest BCUT2D eigenvalue weighted by Crippen LogP contribution is -2.27. The highest BCUT2D eigenvalue weighted by molar-refractivity contribution is 5.76. The molecule has 0 radical (unpaired) electrons. The Morgan fingerprint density at radius 3 is 3.07 bits per heavy atom. The summed E-state index contributed by atoms with van der Waals surface area (Å²) in [7, 11) is 0. The first kappa shape index (κ1) is 11.6. The molecule has 5 nitrogen and oxygen atoms in total. The first-order valence-electron chi connectivity index (χ1n) is 4.94. The Kier molecular flexibility index (Phi) is 4.70. The number of nitrogens with one attached hydrogen (secondary N) is 1. The molecule has 0 aliphatic rings. The minimum absolute atomic E-state index is 0.00608. The van der Waals surface area contributed by atoms with Crippen molar-refractivity contribution in [2.75, 3.05) is 6.54 Å². The summed E-state index contributed by atoms with van der Waals surface area (Å²) in [5.41, 5.74) is 6.23. The van der Waals surface area contributed by atoms with E-state index in [2.05, 4.69) is 15.3 Å². The van der Waals surface area contributed by atoms with Crippen LogP contribution >= 0.6 is 0 Å². The smallest absolute Gasteiger partial charge is 0.220 e. The van der Waals surface area contributed by atoms with Crippen LogP contribution in [0.15, 0.2) is 18.6 Å². The fourth-order valence-electron chi connectivity index (χ4n) is 1.08. The largest absolute Gasteiger partial charge is 0.350 e. The summed E-state index contributed by atoms with van der Waals surface area (Å²) in [5, 5.41) is 2.78. The van der Waals surface area contributed by atoms with Crippen LogP contribution in [0.3, 0.4) is 0 Å². The van der Waals surface area contributed by atoms with Gasteiger partial charge in [0, 0.05) is 12.6 Å². The summed E-state index contributed by atoms with van der Waals surface area (Å²) >= 11 is 0. The fourth-order valence-corrected chi connectivity index (χ4v) is 1.08. The van der Waals surface area contributed by atoms with E-state index in [9.17, 15) is 4.79 Å². The first-order valence-corrected chi connectivity index (χ1v) is 4.94. The van der Waals surface area contributed by atoms with E-state index in [4.69, 9.17) is 5.73 Å².